The van der Waals surface area contributed by atoms with Gasteiger partial charge in [0.05, 0.1) is 0 Å². The number of nitrogens with one attached hydrogen (secondary N) is 2. The summed E-state index contributed by atoms with van der Waals surface area (Å²) in [5, 5.41) is 6.34. The van der Waals surface area contributed by atoms with Gasteiger partial charge >= 0.3 is 6.09 Å². The molecular weight excluding hydrogens is 368 g/mol. The van der Waals surface area contributed by atoms with E-state index in [2.05, 4.69) is 10.6 Å². The molecule has 1 heterocycles. The first kappa shape index (κ1) is 21.0. The number of ether oxygens (including phenoxy) is 1. The van der Waals surface area contributed by atoms with E-state index in [1.807, 2.05) is 42.4 Å². The van der Waals surface area contributed by atoms with Crippen LogP contribution in [0.2, 0.25) is 0 Å². The average Bonchev–Trinajstić information content (AvgIpc) is 3.05. The fourth-order valence-corrected chi connectivity index (χ4v) is 5.53. The second-order valence-corrected chi connectivity index (χ2v) is 10.1. The van der Waals surface area contributed by atoms with Crippen LogP contribution in [0.15, 0.2) is 24.3 Å². The van der Waals surface area contributed by atoms with Gasteiger partial charge in [-0.3, -0.25) is 10.1 Å². The first-order valence-corrected chi connectivity index (χ1v) is 11.4. The Hall–Kier alpha value is -1.34. The minimum atomic E-state index is -0.534. The van der Waals surface area contributed by atoms with Gasteiger partial charge in [-0.15, -0.1) is 0 Å². The highest BCUT2D eigenvalue weighted by atomic mass is 33.1. The Morgan fingerprint density at radius 2 is 1.77 bits per heavy atom. The van der Waals surface area contributed by atoms with E-state index >= 15 is 0 Å². The third-order valence-corrected chi connectivity index (χ3v) is 6.73. The van der Waals surface area contributed by atoms with E-state index in [0.29, 0.717) is 12.1 Å². The average molecular weight is 397 g/mol. The SMILES string of the molecule is CC(C)(C)OC(=O)Nc1ccc(NC(=O)CCCCC2CCSS2)cc1. The lowest BCUT2D eigenvalue weighted by Crippen LogP contribution is -2.27. The van der Waals surface area contributed by atoms with Crippen LogP contribution in [-0.2, 0) is 9.53 Å². The number of hydrogen-bond acceptors (Lipinski definition) is 5. The summed E-state index contributed by atoms with van der Waals surface area (Å²) in [6.07, 6.45) is 4.58. The minimum Gasteiger partial charge on any atom is -0.444 e. The maximum absolute atomic E-state index is 12.0. The molecule has 0 aromatic heterocycles. The monoisotopic (exact) mass is 396 g/mol. The Morgan fingerprint density at radius 1 is 1.12 bits per heavy atom. The molecule has 1 saturated heterocycles. The maximum atomic E-state index is 12.0. The van der Waals surface area contributed by atoms with Crippen LogP contribution in [0.5, 0.6) is 0 Å². The molecule has 1 aromatic carbocycles. The molecule has 2 rings (SSSR count). The van der Waals surface area contributed by atoms with Gasteiger partial charge < -0.3 is 10.1 Å². The van der Waals surface area contributed by atoms with E-state index in [9.17, 15) is 9.59 Å². The van der Waals surface area contributed by atoms with E-state index < -0.39 is 11.7 Å². The molecule has 144 valence electrons. The number of anilines is 2. The second-order valence-electron chi connectivity index (χ2n) is 7.33. The van der Waals surface area contributed by atoms with Crippen LogP contribution >= 0.6 is 21.6 Å². The molecule has 0 spiro atoms. The van der Waals surface area contributed by atoms with Crippen molar-refractivity contribution in [3.8, 4) is 0 Å². The summed E-state index contributed by atoms with van der Waals surface area (Å²) in [5.74, 6) is 1.29. The maximum Gasteiger partial charge on any atom is 0.412 e. The number of benzene rings is 1. The van der Waals surface area contributed by atoms with Crippen LogP contribution < -0.4 is 10.6 Å². The lowest BCUT2D eigenvalue weighted by atomic mass is 10.1. The van der Waals surface area contributed by atoms with Crippen LogP contribution in [0.4, 0.5) is 16.2 Å². The molecule has 1 aromatic rings. The summed E-state index contributed by atoms with van der Waals surface area (Å²) in [5.41, 5.74) is 0.824. The number of hydrogen-bond donors (Lipinski definition) is 2. The van der Waals surface area contributed by atoms with Gasteiger partial charge in [0, 0.05) is 28.8 Å². The molecule has 2 N–H and O–H groups in total. The molecule has 2 amide bonds. The number of carbonyl (C=O) groups is 2. The van der Waals surface area contributed by atoms with Gasteiger partial charge in [0.25, 0.3) is 0 Å². The van der Waals surface area contributed by atoms with Crippen molar-refractivity contribution in [3.63, 3.8) is 0 Å². The molecule has 0 saturated carbocycles. The van der Waals surface area contributed by atoms with Crippen molar-refractivity contribution in [3.05, 3.63) is 24.3 Å². The number of unbranched alkanes of at least 4 members (excludes halogenated alkanes) is 1. The molecule has 0 radical (unpaired) electrons. The highest BCUT2D eigenvalue weighted by Gasteiger charge is 2.17. The van der Waals surface area contributed by atoms with Crippen molar-refractivity contribution >= 4 is 45.0 Å². The summed E-state index contributed by atoms with van der Waals surface area (Å²) < 4.78 is 5.21. The van der Waals surface area contributed by atoms with Gasteiger partial charge in [0.2, 0.25) is 5.91 Å². The zero-order chi connectivity index (χ0) is 19.0. The normalized spacial score (nSPS) is 17.0. The number of amides is 2. The second kappa shape index (κ2) is 10.1. The van der Waals surface area contributed by atoms with Crippen LogP contribution in [0.3, 0.4) is 0 Å². The van der Waals surface area contributed by atoms with Crippen molar-refractivity contribution in [1.82, 2.24) is 0 Å². The summed E-state index contributed by atoms with van der Waals surface area (Å²) in [6.45, 7) is 5.45. The molecule has 1 fully saturated rings. The molecule has 1 aliphatic heterocycles. The van der Waals surface area contributed by atoms with Crippen LogP contribution in [-0.4, -0.2) is 28.6 Å². The molecule has 5 nitrogen and oxygen atoms in total. The fourth-order valence-electron chi connectivity index (χ4n) is 2.50. The molecular formula is C19H28N2O3S2. The molecule has 7 heteroatoms. The standard InChI is InChI=1S/C19H28N2O3S2/c1-19(2,3)24-18(23)21-15-10-8-14(9-11-15)20-17(22)7-5-4-6-16-12-13-25-26-16/h8-11,16H,4-7,12-13H2,1-3H3,(H,20,22)(H,21,23). The van der Waals surface area contributed by atoms with E-state index in [0.717, 1.165) is 23.8 Å². The zero-order valence-corrected chi connectivity index (χ0v) is 17.3. The molecule has 0 aliphatic carbocycles. The largest absolute Gasteiger partial charge is 0.444 e. The predicted octanol–water partition coefficient (Wildman–Crippen LogP) is 5.69. The minimum absolute atomic E-state index is 0.0336. The Balaban J connectivity index is 1.67. The zero-order valence-electron chi connectivity index (χ0n) is 15.7. The Morgan fingerprint density at radius 3 is 2.35 bits per heavy atom. The topological polar surface area (TPSA) is 67.4 Å². The van der Waals surface area contributed by atoms with E-state index in [1.165, 1.54) is 18.6 Å². The van der Waals surface area contributed by atoms with Crippen molar-refractivity contribution in [1.29, 1.82) is 0 Å². The summed E-state index contributed by atoms with van der Waals surface area (Å²) in [4.78, 5) is 23.7. The van der Waals surface area contributed by atoms with E-state index in [-0.39, 0.29) is 5.91 Å². The van der Waals surface area contributed by atoms with Gasteiger partial charge in [-0.1, -0.05) is 28.0 Å². The van der Waals surface area contributed by atoms with Crippen LogP contribution in [0.1, 0.15) is 52.9 Å². The van der Waals surface area contributed by atoms with Gasteiger partial charge in [-0.2, -0.15) is 0 Å². The van der Waals surface area contributed by atoms with E-state index in [4.69, 9.17) is 4.74 Å². The molecule has 1 atom stereocenters. The molecule has 1 unspecified atom stereocenters. The lowest BCUT2D eigenvalue weighted by molar-refractivity contribution is -0.116. The first-order valence-electron chi connectivity index (χ1n) is 9.00. The summed E-state index contributed by atoms with van der Waals surface area (Å²) in [6, 6.07) is 7.04. The third kappa shape index (κ3) is 8.36. The van der Waals surface area contributed by atoms with Crippen LogP contribution in [0, 0.1) is 0 Å². The fraction of sp³-hybridized carbons (Fsp3) is 0.579. The molecule has 26 heavy (non-hydrogen) atoms. The van der Waals surface area contributed by atoms with Crippen molar-refractivity contribution in [2.45, 2.75) is 63.7 Å². The van der Waals surface area contributed by atoms with E-state index in [1.54, 1.807) is 24.3 Å². The molecule has 1 aliphatic rings. The van der Waals surface area contributed by atoms with Crippen molar-refractivity contribution < 1.29 is 14.3 Å². The summed E-state index contributed by atoms with van der Waals surface area (Å²) in [7, 11) is 3.95. The lowest BCUT2D eigenvalue weighted by Gasteiger charge is -2.19. The first-order chi connectivity index (χ1) is 12.3. The Kier molecular flexibility index (Phi) is 8.15. The number of rotatable bonds is 7. The predicted molar refractivity (Wildman–Crippen MR) is 112 cm³/mol. The quantitative estimate of drug-likeness (QED) is 0.458. The Bertz CT molecular complexity index is 594. The Labute approximate surface area is 163 Å². The van der Waals surface area contributed by atoms with Crippen molar-refractivity contribution in [2.24, 2.45) is 0 Å². The smallest absolute Gasteiger partial charge is 0.412 e. The van der Waals surface area contributed by atoms with Gasteiger partial charge in [0.15, 0.2) is 0 Å². The van der Waals surface area contributed by atoms with Gasteiger partial charge in [0.1, 0.15) is 5.60 Å². The van der Waals surface area contributed by atoms with Crippen LogP contribution in [0.25, 0.3) is 0 Å². The highest BCUT2D eigenvalue weighted by molar-refractivity contribution is 8.77. The number of carbonyl (C=O) groups excluding carboxylic acids is 2. The molecule has 0 bridgehead atoms. The highest BCUT2D eigenvalue weighted by Crippen LogP contribution is 2.39. The van der Waals surface area contributed by atoms with Crippen molar-refractivity contribution in [2.75, 3.05) is 16.4 Å². The summed E-state index contributed by atoms with van der Waals surface area (Å²) >= 11 is 0. The van der Waals surface area contributed by atoms with Gasteiger partial charge in [-0.05, 0) is 64.3 Å². The third-order valence-electron chi connectivity index (χ3n) is 3.72. The van der Waals surface area contributed by atoms with Gasteiger partial charge in [-0.25, -0.2) is 4.79 Å².